The lowest BCUT2D eigenvalue weighted by molar-refractivity contribution is 0.0699. The van der Waals surface area contributed by atoms with Crippen molar-refractivity contribution in [3.63, 3.8) is 0 Å². The average Bonchev–Trinajstić information content (AvgIpc) is 3.00. The summed E-state index contributed by atoms with van der Waals surface area (Å²) in [6, 6.07) is 0. The molecule has 0 spiro atoms. The Morgan fingerprint density at radius 2 is 1.87 bits per heavy atom. The van der Waals surface area contributed by atoms with Crippen LogP contribution in [-0.2, 0) is 0 Å². The third-order valence-corrected chi connectivity index (χ3v) is 3.79. The first-order chi connectivity index (χ1) is 11.2. The highest BCUT2D eigenvalue weighted by Gasteiger charge is 2.22. The van der Waals surface area contributed by atoms with Gasteiger partial charge in [-0.1, -0.05) is 0 Å². The standard InChI is InChI=1S/C14H9N5O3S/c20-12(8-3-16-7-17-4-8)19-13-11(14(21)22)9(6-23-13)10-5-15-1-2-18-10/h1-7H,(H,19,20)(H,21,22). The Bertz CT molecular complexity index is 851. The summed E-state index contributed by atoms with van der Waals surface area (Å²) in [5.74, 6) is -1.65. The lowest BCUT2D eigenvalue weighted by Gasteiger charge is -2.05. The van der Waals surface area contributed by atoms with Gasteiger partial charge < -0.3 is 10.4 Å². The van der Waals surface area contributed by atoms with Gasteiger partial charge in [0.1, 0.15) is 16.9 Å². The Labute approximate surface area is 133 Å². The fourth-order valence-corrected chi connectivity index (χ4v) is 2.82. The van der Waals surface area contributed by atoms with Crippen LogP contribution in [0.1, 0.15) is 20.7 Å². The van der Waals surface area contributed by atoms with Crippen molar-refractivity contribution in [2.45, 2.75) is 0 Å². The van der Waals surface area contributed by atoms with E-state index in [9.17, 15) is 14.7 Å². The van der Waals surface area contributed by atoms with E-state index in [2.05, 4.69) is 25.3 Å². The average molecular weight is 327 g/mol. The van der Waals surface area contributed by atoms with Crippen molar-refractivity contribution >= 4 is 28.2 Å². The van der Waals surface area contributed by atoms with E-state index in [4.69, 9.17) is 0 Å². The molecule has 0 saturated carbocycles. The van der Waals surface area contributed by atoms with Crippen molar-refractivity contribution in [1.29, 1.82) is 0 Å². The van der Waals surface area contributed by atoms with Gasteiger partial charge in [0.25, 0.3) is 5.91 Å². The van der Waals surface area contributed by atoms with Gasteiger partial charge in [-0.25, -0.2) is 14.8 Å². The monoisotopic (exact) mass is 327 g/mol. The first-order valence-corrected chi connectivity index (χ1v) is 7.22. The maximum absolute atomic E-state index is 12.1. The number of rotatable bonds is 4. The van der Waals surface area contributed by atoms with Gasteiger partial charge in [0.2, 0.25) is 0 Å². The molecule has 114 valence electrons. The van der Waals surface area contributed by atoms with Gasteiger partial charge in [0, 0.05) is 35.7 Å². The van der Waals surface area contributed by atoms with E-state index in [1.165, 1.54) is 37.3 Å². The van der Waals surface area contributed by atoms with Crippen LogP contribution in [0, 0.1) is 0 Å². The third-order valence-electron chi connectivity index (χ3n) is 2.89. The summed E-state index contributed by atoms with van der Waals surface area (Å²) in [4.78, 5) is 39.2. The second-order valence-corrected chi connectivity index (χ2v) is 5.21. The predicted octanol–water partition coefficient (Wildman–Crippen LogP) is 1.95. The fraction of sp³-hybridized carbons (Fsp3) is 0. The highest BCUT2D eigenvalue weighted by atomic mass is 32.1. The molecule has 9 heteroatoms. The molecule has 0 bridgehead atoms. The summed E-state index contributed by atoms with van der Waals surface area (Å²) in [7, 11) is 0. The minimum atomic E-state index is -1.16. The van der Waals surface area contributed by atoms with Crippen LogP contribution in [0.3, 0.4) is 0 Å². The number of nitrogens with one attached hydrogen (secondary N) is 1. The second-order valence-electron chi connectivity index (χ2n) is 4.33. The molecule has 3 aromatic heterocycles. The van der Waals surface area contributed by atoms with Crippen LogP contribution >= 0.6 is 11.3 Å². The minimum absolute atomic E-state index is 0.0271. The van der Waals surface area contributed by atoms with Crippen LogP contribution < -0.4 is 5.32 Å². The van der Waals surface area contributed by atoms with E-state index >= 15 is 0 Å². The Hall–Kier alpha value is -3.20. The molecule has 0 saturated heterocycles. The Morgan fingerprint density at radius 1 is 1.09 bits per heavy atom. The van der Waals surface area contributed by atoms with Crippen molar-refractivity contribution in [3.05, 3.63) is 53.8 Å². The number of aromatic carboxylic acids is 1. The van der Waals surface area contributed by atoms with Crippen molar-refractivity contribution in [3.8, 4) is 11.3 Å². The second kappa shape index (κ2) is 6.28. The largest absolute Gasteiger partial charge is 0.478 e. The van der Waals surface area contributed by atoms with Crippen LogP contribution in [0.4, 0.5) is 5.00 Å². The number of thiophene rings is 1. The highest BCUT2D eigenvalue weighted by molar-refractivity contribution is 7.15. The molecule has 3 rings (SSSR count). The summed E-state index contributed by atoms with van der Waals surface area (Å²) in [6.07, 6.45) is 8.43. The zero-order chi connectivity index (χ0) is 16.2. The number of aromatic nitrogens is 4. The van der Waals surface area contributed by atoms with Crippen LogP contribution in [-0.4, -0.2) is 36.9 Å². The third kappa shape index (κ3) is 3.04. The van der Waals surface area contributed by atoms with Crippen LogP contribution in [0.15, 0.2) is 42.7 Å². The number of carbonyl (C=O) groups excluding carboxylic acids is 1. The van der Waals surface area contributed by atoms with E-state index in [0.29, 0.717) is 11.3 Å². The van der Waals surface area contributed by atoms with Gasteiger partial charge in [-0.3, -0.25) is 14.8 Å². The summed E-state index contributed by atoms with van der Waals surface area (Å²) in [6.45, 7) is 0. The van der Waals surface area contributed by atoms with E-state index in [1.54, 1.807) is 5.38 Å². The molecule has 0 fully saturated rings. The molecule has 23 heavy (non-hydrogen) atoms. The zero-order valence-electron chi connectivity index (χ0n) is 11.5. The Kier molecular flexibility index (Phi) is 4.02. The summed E-state index contributed by atoms with van der Waals surface area (Å²) in [5, 5.41) is 13.9. The van der Waals surface area contributed by atoms with Crippen LogP contribution in [0.25, 0.3) is 11.3 Å². The van der Waals surface area contributed by atoms with E-state index < -0.39 is 11.9 Å². The SMILES string of the molecule is O=C(Nc1scc(-c2cnccn2)c1C(=O)O)c1cncnc1. The van der Waals surface area contributed by atoms with Crippen LogP contribution in [0.5, 0.6) is 0 Å². The zero-order valence-corrected chi connectivity index (χ0v) is 12.3. The number of anilines is 1. The van der Waals surface area contributed by atoms with Gasteiger partial charge in [0.15, 0.2) is 0 Å². The van der Waals surface area contributed by atoms with E-state index in [-0.39, 0.29) is 16.1 Å². The molecule has 0 aliphatic rings. The fourth-order valence-electron chi connectivity index (χ4n) is 1.88. The smallest absolute Gasteiger partial charge is 0.339 e. The number of amides is 1. The molecule has 8 nitrogen and oxygen atoms in total. The molecular formula is C14H9N5O3S. The number of hydrogen-bond donors (Lipinski definition) is 2. The Balaban J connectivity index is 1.96. The highest BCUT2D eigenvalue weighted by Crippen LogP contribution is 2.34. The van der Waals surface area contributed by atoms with E-state index in [1.807, 2.05) is 0 Å². The molecule has 2 N–H and O–H groups in total. The number of hydrogen-bond acceptors (Lipinski definition) is 7. The molecule has 0 aromatic carbocycles. The molecule has 0 radical (unpaired) electrons. The molecular weight excluding hydrogens is 318 g/mol. The quantitative estimate of drug-likeness (QED) is 0.751. The maximum atomic E-state index is 12.1. The number of nitrogens with zero attached hydrogens (tertiary/aromatic N) is 4. The molecule has 3 aromatic rings. The van der Waals surface area contributed by atoms with Gasteiger partial charge in [-0.15, -0.1) is 11.3 Å². The molecule has 0 aliphatic heterocycles. The molecule has 3 heterocycles. The van der Waals surface area contributed by atoms with Crippen LogP contribution in [0.2, 0.25) is 0 Å². The molecule has 0 atom stereocenters. The number of carbonyl (C=O) groups is 2. The van der Waals surface area contributed by atoms with Gasteiger partial charge in [-0.2, -0.15) is 0 Å². The van der Waals surface area contributed by atoms with Gasteiger partial charge >= 0.3 is 5.97 Å². The normalized spacial score (nSPS) is 10.3. The number of carboxylic acids is 1. The van der Waals surface area contributed by atoms with Crippen molar-refractivity contribution in [1.82, 2.24) is 19.9 Å². The molecule has 0 aliphatic carbocycles. The van der Waals surface area contributed by atoms with Crippen molar-refractivity contribution in [2.75, 3.05) is 5.32 Å². The summed E-state index contributed by atoms with van der Waals surface area (Å²) in [5.41, 5.74) is 1.03. The van der Waals surface area contributed by atoms with Gasteiger partial charge in [0.05, 0.1) is 17.5 Å². The van der Waals surface area contributed by atoms with E-state index in [0.717, 1.165) is 11.3 Å². The topological polar surface area (TPSA) is 118 Å². The first kappa shape index (κ1) is 14.7. The molecule has 1 amide bonds. The summed E-state index contributed by atoms with van der Waals surface area (Å²) >= 11 is 1.10. The first-order valence-electron chi connectivity index (χ1n) is 6.34. The van der Waals surface area contributed by atoms with Crippen molar-refractivity contribution < 1.29 is 14.7 Å². The lowest BCUT2D eigenvalue weighted by Crippen LogP contribution is -2.14. The molecule has 0 unspecified atom stereocenters. The maximum Gasteiger partial charge on any atom is 0.339 e. The number of carboxylic acid groups (broad SMARTS) is 1. The Morgan fingerprint density at radius 3 is 2.52 bits per heavy atom. The predicted molar refractivity (Wildman–Crippen MR) is 82.3 cm³/mol. The summed E-state index contributed by atoms with van der Waals surface area (Å²) < 4.78 is 0. The van der Waals surface area contributed by atoms with Gasteiger partial charge in [-0.05, 0) is 0 Å². The lowest BCUT2D eigenvalue weighted by atomic mass is 10.1. The van der Waals surface area contributed by atoms with Crippen molar-refractivity contribution in [2.24, 2.45) is 0 Å². The minimum Gasteiger partial charge on any atom is -0.478 e.